The van der Waals surface area contributed by atoms with Gasteiger partial charge in [0.05, 0.1) is 12.1 Å². The van der Waals surface area contributed by atoms with Crippen molar-refractivity contribution in [3.63, 3.8) is 0 Å². The summed E-state index contributed by atoms with van der Waals surface area (Å²) in [7, 11) is 0. The van der Waals surface area contributed by atoms with Crippen molar-refractivity contribution < 1.29 is 4.79 Å². The van der Waals surface area contributed by atoms with Crippen LogP contribution in [-0.4, -0.2) is 48.0 Å². The Labute approximate surface area is 179 Å². The largest absolute Gasteiger partial charge is 0.352 e. The highest BCUT2D eigenvalue weighted by Crippen LogP contribution is 2.20. The van der Waals surface area contributed by atoms with E-state index in [1.807, 2.05) is 11.8 Å². The highest BCUT2D eigenvalue weighted by atomic mass is 16.2. The number of nitrogens with one attached hydrogen (secondary N) is 1. The van der Waals surface area contributed by atoms with Crippen LogP contribution in [0, 0.1) is 11.3 Å². The molecule has 30 heavy (non-hydrogen) atoms. The van der Waals surface area contributed by atoms with Gasteiger partial charge in [0, 0.05) is 38.4 Å². The van der Waals surface area contributed by atoms with Gasteiger partial charge in [-0.05, 0) is 43.0 Å². The lowest BCUT2D eigenvalue weighted by Gasteiger charge is -2.40. The third-order valence-corrected chi connectivity index (χ3v) is 5.60. The van der Waals surface area contributed by atoms with Crippen molar-refractivity contribution in [1.29, 1.82) is 5.26 Å². The van der Waals surface area contributed by atoms with E-state index in [-0.39, 0.29) is 11.9 Å². The molecule has 6 heteroatoms. The maximum absolute atomic E-state index is 12.7. The number of hydrogen-bond donors (Lipinski definition) is 1. The van der Waals surface area contributed by atoms with Gasteiger partial charge in [0.25, 0.3) is 0 Å². The van der Waals surface area contributed by atoms with Gasteiger partial charge in [-0.3, -0.25) is 4.79 Å². The summed E-state index contributed by atoms with van der Waals surface area (Å²) in [4.78, 5) is 21.1. The summed E-state index contributed by atoms with van der Waals surface area (Å²) in [6, 6.07) is 14.5. The highest BCUT2D eigenvalue weighted by molar-refractivity contribution is 5.79. The molecule has 6 nitrogen and oxygen atoms in total. The first-order chi connectivity index (χ1) is 14.6. The molecule has 1 atom stereocenters. The summed E-state index contributed by atoms with van der Waals surface area (Å²) in [5.41, 5.74) is 3.14. The van der Waals surface area contributed by atoms with Crippen LogP contribution < -0.4 is 10.2 Å². The molecule has 0 unspecified atom stereocenters. The van der Waals surface area contributed by atoms with Crippen LogP contribution in [0.2, 0.25) is 0 Å². The Hall–Kier alpha value is -2.91. The number of carbonyl (C=O) groups is 1. The van der Waals surface area contributed by atoms with Crippen LogP contribution in [-0.2, 0) is 17.8 Å². The summed E-state index contributed by atoms with van der Waals surface area (Å²) < 4.78 is 0. The van der Waals surface area contributed by atoms with Crippen LogP contribution in [0.5, 0.6) is 0 Å². The van der Waals surface area contributed by atoms with Gasteiger partial charge in [0.2, 0.25) is 5.91 Å². The average Bonchev–Trinajstić information content (AvgIpc) is 2.78. The second-order valence-electron chi connectivity index (χ2n) is 7.89. The third kappa shape index (κ3) is 5.58. The summed E-state index contributed by atoms with van der Waals surface area (Å²) in [5, 5.41) is 12.6. The van der Waals surface area contributed by atoms with Gasteiger partial charge in [-0.25, -0.2) is 4.98 Å². The molecule has 158 valence electrons. The lowest BCUT2D eigenvalue weighted by atomic mass is 10.1. The number of unbranched alkanes of at least 4 members (excludes halogenated alkanes) is 1. The van der Waals surface area contributed by atoms with E-state index in [9.17, 15) is 10.1 Å². The fourth-order valence-electron chi connectivity index (χ4n) is 3.88. The van der Waals surface area contributed by atoms with E-state index < -0.39 is 0 Å². The first-order valence-corrected chi connectivity index (χ1v) is 10.8. The van der Waals surface area contributed by atoms with E-state index >= 15 is 0 Å². The Balaban J connectivity index is 1.47. The Kier molecular flexibility index (Phi) is 7.81. The van der Waals surface area contributed by atoms with Crippen LogP contribution in [0.1, 0.15) is 43.4 Å². The predicted octanol–water partition coefficient (Wildman–Crippen LogP) is 3.12. The molecule has 3 rings (SSSR count). The molecule has 0 aliphatic carbocycles. The maximum atomic E-state index is 12.7. The van der Waals surface area contributed by atoms with Crippen molar-refractivity contribution in [3.05, 3.63) is 59.3 Å². The number of benzene rings is 1. The highest BCUT2D eigenvalue weighted by Gasteiger charge is 2.28. The third-order valence-electron chi connectivity index (χ3n) is 5.60. The predicted molar refractivity (Wildman–Crippen MR) is 119 cm³/mol. The molecule has 0 saturated carbocycles. The molecule has 1 aliphatic rings. The van der Waals surface area contributed by atoms with Gasteiger partial charge in [-0.15, -0.1) is 0 Å². The lowest BCUT2D eigenvalue weighted by molar-refractivity contribution is -0.132. The number of rotatable bonds is 8. The SMILES string of the molecule is CCCCc1ccc(CNCC(=O)N2CCN(c3ncccc3C#N)C[C@H]2C)cc1. The number of piperazine rings is 1. The van der Waals surface area contributed by atoms with Crippen molar-refractivity contribution >= 4 is 11.7 Å². The van der Waals surface area contributed by atoms with Gasteiger partial charge in [-0.1, -0.05) is 37.6 Å². The topological polar surface area (TPSA) is 72.3 Å². The zero-order chi connectivity index (χ0) is 21.3. The normalized spacial score (nSPS) is 16.4. The van der Waals surface area contributed by atoms with Gasteiger partial charge in [0.15, 0.2) is 0 Å². The minimum absolute atomic E-state index is 0.0689. The van der Waals surface area contributed by atoms with Gasteiger partial charge in [-0.2, -0.15) is 5.26 Å². The van der Waals surface area contributed by atoms with Crippen molar-refractivity contribution in [2.24, 2.45) is 0 Å². The maximum Gasteiger partial charge on any atom is 0.236 e. The van der Waals surface area contributed by atoms with Crippen molar-refractivity contribution in [1.82, 2.24) is 15.2 Å². The Morgan fingerprint density at radius 3 is 2.70 bits per heavy atom. The number of aromatic nitrogens is 1. The minimum atomic E-state index is 0.0689. The molecule has 0 radical (unpaired) electrons. The Morgan fingerprint density at radius 2 is 2.00 bits per heavy atom. The number of nitriles is 1. The van der Waals surface area contributed by atoms with Crippen LogP contribution in [0.4, 0.5) is 5.82 Å². The smallest absolute Gasteiger partial charge is 0.236 e. The molecule has 0 spiro atoms. The fraction of sp³-hybridized carbons (Fsp3) is 0.458. The summed E-state index contributed by atoms with van der Waals surface area (Å²) in [6.07, 6.45) is 5.26. The molecule has 1 aromatic carbocycles. The molecular weight excluding hydrogens is 374 g/mol. The molecule has 2 heterocycles. The van der Waals surface area contributed by atoms with E-state index in [2.05, 4.69) is 52.5 Å². The van der Waals surface area contributed by atoms with Crippen LogP contribution in [0.3, 0.4) is 0 Å². The number of amides is 1. The van der Waals surface area contributed by atoms with E-state index in [1.54, 1.807) is 18.3 Å². The van der Waals surface area contributed by atoms with Gasteiger partial charge >= 0.3 is 0 Å². The van der Waals surface area contributed by atoms with Crippen molar-refractivity contribution in [2.75, 3.05) is 31.1 Å². The monoisotopic (exact) mass is 405 g/mol. The Morgan fingerprint density at radius 1 is 1.23 bits per heavy atom. The fourth-order valence-corrected chi connectivity index (χ4v) is 3.88. The number of pyridine rings is 1. The molecule has 2 aromatic rings. The number of anilines is 1. The van der Waals surface area contributed by atoms with E-state index in [4.69, 9.17) is 0 Å². The summed E-state index contributed by atoms with van der Waals surface area (Å²) in [5.74, 6) is 0.822. The number of hydrogen-bond acceptors (Lipinski definition) is 5. The molecular formula is C24H31N5O. The average molecular weight is 406 g/mol. The van der Waals surface area contributed by atoms with Crippen LogP contribution in [0.25, 0.3) is 0 Å². The number of aryl methyl sites for hydroxylation is 1. The lowest BCUT2D eigenvalue weighted by Crippen LogP contribution is -2.56. The molecule has 1 aliphatic heterocycles. The van der Waals surface area contributed by atoms with E-state index in [0.717, 1.165) is 6.42 Å². The molecule has 1 amide bonds. The molecule has 1 aromatic heterocycles. The van der Waals surface area contributed by atoms with Crippen LogP contribution in [0.15, 0.2) is 42.6 Å². The number of carbonyl (C=O) groups excluding carboxylic acids is 1. The first-order valence-electron chi connectivity index (χ1n) is 10.8. The number of nitrogens with zero attached hydrogens (tertiary/aromatic N) is 4. The standard InChI is InChI=1S/C24H31N5O/c1-3-4-6-20-8-10-21(11-9-20)16-26-17-23(30)29-14-13-28(18-19(29)2)24-22(15-25)7-5-12-27-24/h5,7-12,19,26H,3-4,6,13-14,16-18H2,1-2H3/t19-/m1/s1. The van der Waals surface area contributed by atoms with Crippen molar-refractivity contribution in [2.45, 2.75) is 45.7 Å². The van der Waals surface area contributed by atoms with Crippen LogP contribution >= 0.6 is 0 Å². The first kappa shape index (κ1) is 21.8. The van der Waals surface area contributed by atoms with Gasteiger partial charge in [0.1, 0.15) is 11.9 Å². The summed E-state index contributed by atoms with van der Waals surface area (Å²) >= 11 is 0. The molecule has 0 bridgehead atoms. The van der Waals surface area contributed by atoms with E-state index in [0.29, 0.717) is 44.1 Å². The van der Waals surface area contributed by atoms with Crippen molar-refractivity contribution in [3.8, 4) is 6.07 Å². The second kappa shape index (κ2) is 10.7. The van der Waals surface area contributed by atoms with Gasteiger partial charge < -0.3 is 15.1 Å². The quantitative estimate of drug-likeness (QED) is 0.731. The second-order valence-corrected chi connectivity index (χ2v) is 7.89. The summed E-state index contributed by atoms with van der Waals surface area (Å²) in [6.45, 7) is 7.27. The van der Waals surface area contributed by atoms with E-state index in [1.165, 1.54) is 24.0 Å². The molecule has 1 fully saturated rings. The Bertz CT molecular complexity index is 874. The zero-order valence-corrected chi connectivity index (χ0v) is 18.0. The molecule has 1 N–H and O–H groups in total. The zero-order valence-electron chi connectivity index (χ0n) is 18.0. The molecule has 1 saturated heterocycles. The minimum Gasteiger partial charge on any atom is -0.352 e.